The number of nitrogens with two attached hydrogens (primary N) is 1. The van der Waals surface area contributed by atoms with Gasteiger partial charge in [-0.05, 0) is 57.0 Å². The Labute approximate surface area is 221 Å². The van der Waals surface area contributed by atoms with Gasteiger partial charge < -0.3 is 25.8 Å². The minimum atomic E-state index is -2.11. The number of aliphatic hydroxyl groups is 2. The van der Waals surface area contributed by atoms with Gasteiger partial charge in [-0.2, -0.15) is 5.06 Å². The summed E-state index contributed by atoms with van der Waals surface area (Å²) in [5.41, 5.74) is 4.13. The highest BCUT2D eigenvalue weighted by atomic mass is 16.7. The van der Waals surface area contributed by atoms with Crippen molar-refractivity contribution in [3.63, 3.8) is 0 Å². The molecule has 1 aromatic rings. The van der Waals surface area contributed by atoms with Crippen molar-refractivity contribution in [2.45, 2.75) is 44.9 Å². The Balaban J connectivity index is 1.92. The quantitative estimate of drug-likeness (QED) is 0.287. The predicted octanol–water partition coefficient (Wildman–Crippen LogP) is 1.55. The summed E-state index contributed by atoms with van der Waals surface area (Å²) in [4.78, 5) is 47.1. The molecule has 38 heavy (non-hydrogen) atoms. The number of fused-ring (bicyclic) bond motifs is 3. The number of hydrogen-bond donors (Lipinski definition) is 4. The van der Waals surface area contributed by atoms with Crippen molar-refractivity contribution in [1.82, 2.24) is 9.96 Å². The topological polar surface area (TPSA) is 163 Å². The molecule has 5 N–H and O–H groups in total. The van der Waals surface area contributed by atoms with Gasteiger partial charge in [0.05, 0.1) is 18.2 Å². The lowest BCUT2D eigenvalue weighted by Crippen LogP contribution is -2.64. The van der Waals surface area contributed by atoms with Crippen molar-refractivity contribution in [1.29, 1.82) is 0 Å². The number of ketones is 2. The van der Waals surface area contributed by atoms with E-state index in [4.69, 9.17) is 15.3 Å². The van der Waals surface area contributed by atoms with Gasteiger partial charge in [-0.25, -0.2) is 0 Å². The fourth-order valence-corrected chi connectivity index (χ4v) is 6.40. The second kappa shape index (κ2) is 10.1. The lowest BCUT2D eigenvalue weighted by molar-refractivity contribution is -0.158. The number of phenolic OH excluding ortho intramolecular Hbond substituents is 1. The number of carbonyl (C=O) groups is 3. The molecule has 0 fully saturated rings. The third kappa shape index (κ3) is 3.92. The number of methoxy groups -OCH3 is 1. The average Bonchev–Trinajstić information content (AvgIpc) is 2.84. The monoisotopic (exact) mass is 529 g/mol. The van der Waals surface area contributed by atoms with Gasteiger partial charge in [0.1, 0.15) is 22.8 Å². The van der Waals surface area contributed by atoms with E-state index in [1.54, 1.807) is 30.1 Å². The molecule has 4 atom stereocenters. The number of ether oxygens (including phenoxy) is 1. The van der Waals surface area contributed by atoms with E-state index in [1.165, 1.54) is 13.2 Å². The highest BCUT2D eigenvalue weighted by Crippen LogP contribution is 2.53. The Bertz CT molecular complexity index is 1250. The summed E-state index contributed by atoms with van der Waals surface area (Å²) >= 11 is 0. The molecular weight excluding hydrogens is 494 g/mol. The standard InChI is InChI=1S/C27H35N3O8/c1-6-30(38-7-2)12-13-8-9-17(31)19-15(13)10-14-11-16-21(29(3)4)23(33)20(26(28)36)25(35)27(16,37-5)24(34)18(14)22(19)32/h8-9,14,16,21,31,33-34H,6-7,10-12H2,1-5H3,(H2,28,36)/t14-,16-,21-,27-/m0/s1. The zero-order valence-electron chi connectivity index (χ0n) is 22.3. The van der Waals surface area contributed by atoms with E-state index in [0.717, 1.165) is 5.56 Å². The van der Waals surface area contributed by atoms with Crippen molar-refractivity contribution in [3.8, 4) is 5.75 Å². The van der Waals surface area contributed by atoms with E-state index >= 15 is 0 Å². The van der Waals surface area contributed by atoms with Gasteiger partial charge in [0.15, 0.2) is 11.4 Å². The zero-order chi connectivity index (χ0) is 28.1. The maximum atomic E-state index is 13.9. The molecule has 3 aliphatic rings. The van der Waals surface area contributed by atoms with E-state index in [2.05, 4.69) is 0 Å². The van der Waals surface area contributed by atoms with Crippen LogP contribution in [-0.2, 0) is 32.1 Å². The van der Waals surface area contributed by atoms with Crippen molar-refractivity contribution in [2.24, 2.45) is 17.6 Å². The second-order valence-corrected chi connectivity index (χ2v) is 10.1. The number of hydroxylamine groups is 2. The maximum Gasteiger partial charge on any atom is 0.255 e. The predicted molar refractivity (Wildman–Crippen MR) is 136 cm³/mol. The number of primary amides is 1. The molecule has 0 radical (unpaired) electrons. The minimum absolute atomic E-state index is 0.0451. The fourth-order valence-electron chi connectivity index (χ4n) is 6.40. The first-order chi connectivity index (χ1) is 18.0. The number of nitrogens with zero attached hydrogens (tertiary/aromatic N) is 2. The number of likely N-dealkylation sites (N-methyl/N-ethyl adjacent to an activating group) is 1. The largest absolute Gasteiger partial charge is 0.510 e. The van der Waals surface area contributed by atoms with Gasteiger partial charge >= 0.3 is 0 Å². The number of allylic oxidation sites excluding steroid dienone is 1. The first kappa shape index (κ1) is 27.8. The molecule has 1 aromatic carbocycles. The third-order valence-corrected chi connectivity index (χ3v) is 8.00. The first-order valence-corrected chi connectivity index (χ1v) is 12.6. The second-order valence-electron chi connectivity index (χ2n) is 10.1. The molecule has 0 bridgehead atoms. The lowest BCUT2D eigenvalue weighted by atomic mass is 9.58. The van der Waals surface area contributed by atoms with Gasteiger partial charge in [-0.15, -0.1) is 0 Å². The van der Waals surface area contributed by atoms with E-state index in [-0.39, 0.29) is 23.3 Å². The minimum Gasteiger partial charge on any atom is -0.510 e. The molecule has 206 valence electrons. The summed E-state index contributed by atoms with van der Waals surface area (Å²) in [5, 5.41) is 35.1. The molecule has 0 unspecified atom stereocenters. The van der Waals surface area contributed by atoms with Gasteiger partial charge in [-0.1, -0.05) is 13.0 Å². The summed E-state index contributed by atoms with van der Waals surface area (Å²) in [7, 11) is 4.53. The molecule has 0 saturated carbocycles. The summed E-state index contributed by atoms with van der Waals surface area (Å²) in [5.74, 6) is -5.49. The number of carbonyl (C=O) groups excluding carboxylic acids is 3. The lowest BCUT2D eigenvalue weighted by Gasteiger charge is -2.51. The number of phenols is 1. The summed E-state index contributed by atoms with van der Waals surface area (Å²) in [6.45, 7) is 5.28. The molecule has 3 aliphatic carbocycles. The maximum absolute atomic E-state index is 13.9. The smallest absolute Gasteiger partial charge is 0.255 e. The Morgan fingerprint density at radius 2 is 1.87 bits per heavy atom. The van der Waals surface area contributed by atoms with Crippen LogP contribution in [0.5, 0.6) is 5.75 Å². The molecular formula is C27H35N3O8. The number of aliphatic hydroxyl groups excluding tert-OH is 2. The van der Waals surface area contributed by atoms with Crippen molar-refractivity contribution < 1.29 is 39.3 Å². The van der Waals surface area contributed by atoms with Gasteiger partial charge in [0.2, 0.25) is 5.78 Å². The third-order valence-electron chi connectivity index (χ3n) is 8.00. The number of amides is 1. The molecule has 1 amide bonds. The molecule has 0 spiro atoms. The van der Waals surface area contributed by atoms with Gasteiger partial charge in [-0.3, -0.25) is 24.1 Å². The number of Topliss-reactive ketones (excluding diaryl/α,β-unsaturated/α-hetero) is 2. The number of aromatic hydroxyl groups is 1. The Kier molecular flexibility index (Phi) is 7.41. The van der Waals surface area contributed by atoms with Gasteiger partial charge in [0.25, 0.3) is 5.91 Å². The highest BCUT2D eigenvalue weighted by Gasteiger charge is 2.64. The van der Waals surface area contributed by atoms with Crippen LogP contribution in [0.3, 0.4) is 0 Å². The average molecular weight is 530 g/mol. The van der Waals surface area contributed by atoms with Crippen LogP contribution in [0.1, 0.15) is 41.8 Å². The zero-order valence-corrected chi connectivity index (χ0v) is 22.3. The summed E-state index contributed by atoms with van der Waals surface area (Å²) < 4.78 is 5.67. The Morgan fingerprint density at radius 1 is 1.18 bits per heavy atom. The molecule has 0 heterocycles. The van der Waals surface area contributed by atoms with Crippen LogP contribution in [0.25, 0.3) is 0 Å². The van der Waals surface area contributed by atoms with Gasteiger partial charge in [0, 0.05) is 31.7 Å². The highest BCUT2D eigenvalue weighted by molar-refractivity contribution is 6.25. The van der Waals surface area contributed by atoms with E-state index < -0.39 is 58.0 Å². The molecule has 11 heteroatoms. The van der Waals surface area contributed by atoms with Crippen LogP contribution in [0.15, 0.2) is 34.8 Å². The molecule has 0 aromatic heterocycles. The summed E-state index contributed by atoms with van der Waals surface area (Å²) in [6, 6.07) is 2.29. The van der Waals surface area contributed by atoms with Crippen LogP contribution in [-0.4, -0.2) is 88.8 Å². The number of benzene rings is 1. The van der Waals surface area contributed by atoms with Crippen molar-refractivity contribution in [2.75, 3.05) is 34.4 Å². The van der Waals surface area contributed by atoms with E-state index in [9.17, 15) is 29.7 Å². The van der Waals surface area contributed by atoms with Crippen molar-refractivity contribution >= 4 is 17.5 Å². The Hall–Kier alpha value is -3.25. The molecule has 0 saturated heterocycles. The normalized spacial score (nSPS) is 27.1. The van der Waals surface area contributed by atoms with Crippen LogP contribution in [0.4, 0.5) is 0 Å². The van der Waals surface area contributed by atoms with Crippen LogP contribution in [0.2, 0.25) is 0 Å². The van der Waals surface area contributed by atoms with Crippen LogP contribution >= 0.6 is 0 Å². The first-order valence-electron chi connectivity index (χ1n) is 12.6. The van der Waals surface area contributed by atoms with E-state index in [0.29, 0.717) is 31.7 Å². The molecule has 4 rings (SSSR count). The van der Waals surface area contributed by atoms with Crippen LogP contribution in [0, 0.1) is 11.8 Å². The fraction of sp³-hybridized carbons (Fsp3) is 0.519. The van der Waals surface area contributed by atoms with E-state index in [1.807, 2.05) is 13.8 Å². The Morgan fingerprint density at radius 3 is 2.42 bits per heavy atom. The summed E-state index contributed by atoms with van der Waals surface area (Å²) in [6.07, 6.45) is 0.479. The van der Waals surface area contributed by atoms with Crippen molar-refractivity contribution in [3.05, 3.63) is 51.5 Å². The molecule has 11 nitrogen and oxygen atoms in total. The number of rotatable bonds is 8. The molecule has 0 aliphatic heterocycles. The SMILES string of the molecule is CCON(CC)Cc1ccc(O)c2c1C[C@H]1C[C@H]3[C@H](N(C)C)C(O)=C(C(N)=O)C(=O)[C@@]3(OC)C(O)=C1C2=O. The van der Waals surface area contributed by atoms with Crippen LogP contribution < -0.4 is 5.73 Å². The number of hydrogen-bond acceptors (Lipinski definition) is 10.